The smallest absolute Gasteiger partial charge is 0.0363 e. The molecule has 1 aromatic rings. The molecule has 0 radical (unpaired) electrons. The second-order valence-electron chi connectivity index (χ2n) is 5.97. The summed E-state index contributed by atoms with van der Waals surface area (Å²) in [7, 11) is 4.25. The molecule has 18 heavy (non-hydrogen) atoms. The van der Waals surface area contributed by atoms with E-state index in [2.05, 4.69) is 42.1 Å². The Labute approximate surface area is 111 Å². The molecule has 1 saturated carbocycles. The maximum absolute atomic E-state index is 2.72. The van der Waals surface area contributed by atoms with Crippen molar-refractivity contribution >= 4 is 5.69 Å². The average Bonchev–Trinajstić information content (AvgIpc) is 2.49. The van der Waals surface area contributed by atoms with Gasteiger partial charge in [-0.25, -0.2) is 0 Å². The Bertz CT molecular complexity index is 421. The molecule has 2 nitrogen and oxygen atoms in total. The van der Waals surface area contributed by atoms with Crippen LogP contribution in [0.25, 0.3) is 0 Å². The highest BCUT2D eigenvalue weighted by atomic mass is 15.2. The Balaban J connectivity index is 1.76. The van der Waals surface area contributed by atoms with Gasteiger partial charge < -0.3 is 4.90 Å². The van der Waals surface area contributed by atoms with E-state index >= 15 is 0 Å². The Kier molecular flexibility index (Phi) is 3.29. The van der Waals surface area contributed by atoms with Gasteiger partial charge in [0.15, 0.2) is 0 Å². The summed E-state index contributed by atoms with van der Waals surface area (Å²) >= 11 is 0. The second kappa shape index (κ2) is 4.93. The molecule has 0 unspecified atom stereocenters. The van der Waals surface area contributed by atoms with E-state index in [1.54, 1.807) is 11.1 Å². The third-order valence-electron chi connectivity index (χ3n) is 4.63. The number of nitrogens with zero attached hydrogens (tertiary/aromatic N) is 2. The number of rotatable bonds is 2. The molecule has 0 bridgehead atoms. The lowest BCUT2D eigenvalue weighted by Crippen LogP contribution is -2.41. The van der Waals surface area contributed by atoms with Gasteiger partial charge in [-0.15, -0.1) is 0 Å². The molecular weight excluding hydrogens is 220 g/mol. The lowest BCUT2D eigenvalue weighted by Gasteiger charge is -2.36. The SMILES string of the molecule is CN(C)c1ccc2c(c1)CCN(C1CCC1)CC2. The van der Waals surface area contributed by atoms with Gasteiger partial charge in [0.2, 0.25) is 0 Å². The fourth-order valence-electron chi connectivity index (χ4n) is 3.12. The zero-order valence-electron chi connectivity index (χ0n) is 11.7. The highest BCUT2D eigenvalue weighted by Crippen LogP contribution is 2.28. The molecule has 1 aliphatic heterocycles. The molecule has 0 spiro atoms. The first-order valence-corrected chi connectivity index (χ1v) is 7.27. The summed E-state index contributed by atoms with van der Waals surface area (Å²) in [5, 5.41) is 0. The summed E-state index contributed by atoms with van der Waals surface area (Å²) in [6.45, 7) is 2.52. The summed E-state index contributed by atoms with van der Waals surface area (Å²) in [6, 6.07) is 7.89. The quantitative estimate of drug-likeness (QED) is 0.789. The molecule has 0 saturated heterocycles. The van der Waals surface area contributed by atoms with Crippen molar-refractivity contribution in [3.8, 4) is 0 Å². The first-order chi connectivity index (χ1) is 8.74. The predicted molar refractivity (Wildman–Crippen MR) is 77.4 cm³/mol. The van der Waals surface area contributed by atoms with Gasteiger partial charge in [0.25, 0.3) is 0 Å². The van der Waals surface area contributed by atoms with Gasteiger partial charge in [-0.1, -0.05) is 12.5 Å². The fraction of sp³-hybridized carbons (Fsp3) is 0.625. The van der Waals surface area contributed by atoms with E-state index in [4.69, 9.17) is 0 Å². The van der Waals surface area contributed by atoms with Crippen molar-refractivity contribution in [1.82, 2.24) is 4.90 Å². The number of fused-ring (bicyclic) bond motifs is 1. The summed E-state index contributed by atoms with van der Waals surface area (Å²) in [5.74, 6) is 0. The third kappa shape index (κ3) is 2.26. The van der Waals surface area contributed by atoms with Crippen molar-refractivity contribution in [2.45, 2.75) is 38.1 Å². The molecule has 1 fully saturated rings. The molecule has 1 aliphatic carbocycles. The molecule has 1 heterocycles. The molecule has 2 aliphatic rings. The van der Waals surface area contributed by atoms with Gasteiger partial charge in [0.05, 0.1) is 0 Å². The minimum absolute atomic E-state index is 0.896. The highest BCUT2D eigenvalue weighted by Gasteiger charge is 2.26. The van der Waals surface area contributed by atoms with Gasteiger partial charge in [-0.05, 0) is 48.9 Å². The molecule has 0 amide bonds. The molecule has 3 rings (SSSR count). The molecule has 2 heteroatoms. The summed E-state index contributed by atoms with van der Waals surface area (Å²) in [5.41, 5.74) is 4.48. The Hall–Kier alpha value is -1.02. The van der Waals surface area contributed by atoms with E-state index in [0.717, 1.165) is 6.04 Å². The van der Waals surface area contributed by atoms with Crippen molar-refractivity contribution in [3.63, 3.8) is 0 Å². The van der Waals surface area contributed by atoms with E-state index in [1.165, 1.54) is 50.9 Å². The minimum atomic E-state index is 0.896. The topological polar surface area (TPSA) is 6.48 Å². The number of hydrogen-bond donors (Lipinski definition) is 0. The van der Waals surface area contributed by atoms with Gasteiger partial charge in [0, 0.05) is 38.9 Å². The van der Waals surface area contributed by atoms with Crippen LogP contribution in [0.4, 0.5) is 5.69 Å². The van der Waals surface area contributed by atoms with Crippen LogP contribution in [0.2, 0.25) is 0 Å². The van der Waals surface area contributed by atoms with E-state index in [1.807, 2.05) is 0 Å². The molecular formula is C16H24N2. The Morgan fingerprint density at radius 1 is 1.06 bits per heavy atom. The van der Waals surface area contributed by atoms with Crippen LogP contribution in [0, 0.1) is 0 Å². The minimum Gasteiger partial charge on any atom is -0.378 e. The van der Waals surface area contributed by atoms with E-state index in [-0.39, 0.29) is 0 Å². The van der Waals surface area contributed by atoms with E-state index in [0.29, 0.717) is 0 Å². The zero-order valence-corrected chi connectivity index (χ0v) is 11.7. The predicted octanol–water partition coefficient (Wildman–Crippen LogP) is 2.71. The summed E-state index contributed by atoms with van der Waals surface area (Å²) in [6.07, 6.45) is 6.77. The van der Waals surface area contributed by atoms with Gasteiger partial charge in [-0.3, -0.25) is 4.90 Å². The van der Waals surface area contributed by atoms with Crippen LogP contribution >= 0.6 is 0 Å². The third-order valence-corrected chi connectivity index (χ3v) is 4.63. The van der Waals surface area contributed by atoms with Crippen molar-refractivity contribution in [2.24, 2.45) is 0 Å². The molecule has 0 N–H and O–H groups in total. The monoisotopic (exact) mass is 244 g/mol. The van der Waals surface area contributed by atoms with Crippen LogP contribution in [0.15, 0.2) is 18.2 Å². The number of hydrogen-bond acceptors (Lipinski definition) is 2. The van der Waals surface area contributed by atoms with Crippen molar-refractivity contribution in [2.75, 3.05) is 32.1 Å². The fourth-order valence-corrected chi connectivity index (χ4v) is 3.12. The zero-order chi connectivity index (χ0) is 12.5. The van der Waals surface area contributed by atoms with Crippen LogP contribution in [0.1, 0.15) is 30.4 Å². The largest absolute Gasteiger partial charge is 0.378 e. The first-order valence-electron chi connectivity index (χ1n) is 7.27. The molecule has 0 atom stereocenters. The van der Waals surface area contributed by atoms with Crippen LogP contribution < -0.4 is 4.90 Å². The lowest BCUT2D eigenvalue weighted by atomic mass is 9.91. The van der Waals surface area contributed by atoms with Gasteiger partial charge in [0.1, 0.15) is 0 Å². The summed E-state index contributed by atoms with van der Waals surface area (Å²) < 4.78 is 0. The second-order valence-corrected chi connectivity index (χ2v) is 5.97. The normalized spacial score (nSPS) is 21.0. The van der Waals surface area contributed by atoms with Crippen LogP contribution in [-0.4, -0.2) is 38.1 Å². The van der Waals surface area contributed by atoms with E-state index in [9.17, 15) is 0 Å². The first kappa shape index (κ1) is 12.0. The Morgan fingerprint density at radius 2 is 1.78 bits per heavy atom. The standard InChI is InChI=1S/C16H24N2/c1-17(2)16-7-6-13-8-10-18(15-4-3-5-15)11-9-14(13)12-16/h6-7,12,15H,3-5,8-11H2,1-2H3. The van der Waals surface area contributed by atoms with Crippen molar-refractivity contribution < 1.29 is 0 Å². The lowest BCUT2D eigenvalue weighted by molar-refractivity contribution is 0.133. The maximum atomic E-state index is 2.72. The van der Waals surface area contributed by atoms with Crippen molar-refractivity contribution in [1.29, 1.82) is 0 Å². The van der Waals surface area contributed by atoms with E-state index < -0.39 is 0 Å². The van der Waals surface area contributed by atoms with Gasteiger partial charge >= 0.3 is 0 Å². The molecule has 98 valence electrons. The van der Waals surface area contributed by atoms with Gasteiger partial charge in [-0.2, -0.15) is 0 Å². The highest BCUT2D eigenvalue weighted by molar-refractivity contribution is 5.50. The number of anilines is 1. The van der Waals surface area contributed by atoms with Crippen molar-refractivity contribution in [3.05, 3.63) is 29.3 Å². The summed E-state index contributed by atoms with van der Waals surface area (Å²) in [4.78, 5) is 4.92. The average molecular weight is 244 g/mol. The van der Waals surface area contributed by atoms with Crippen LogP contribution in [-0.2, 0) is 12.8 Å². The molecule has 1 aromatic carbocycles. The molecule has 0 aromatic heterocycles. The van der Waals surface area contributed by atoms with Crippen LogP contribution in [0.5, 0.6) is 0 Å². The maximum Gasteiger partial charge on any atom is 0.0363 e. The Morgan fingerprint density at radius 3 is 2.39 bits per heavy atom. The number of benzene rings is 1. The van der Waals surface area contributed by atoms with Crippen LogP contribution in [0.3, 0.4) is 0 Å².